The molecular formula is C21H30N2O3. The van der Waals surface area contributed by atoms with Crippen LogP contribution < -0.4 is 0 Å². The Balaban J connectivity index is 1.57. The maximum absolute atomic E-state index is 12.9. The van der Waals surface area contributed by atoms with E-state index in [-0.39, 0.29) is 18.5 Å². The fraction of sp³-hybridized carbons (Fsp3) is 0.619. The number of benzene rings is 1. The molecule has 1 N–H and O–H groups in total. The fourth-order valence-corrected chi connectivity index (χ4v) is 4.52. The highest BCUT2D eigenvalue weighted by molar-refractivity contribution is 5.77. The predicted octanol–water partition coefficient (Wildman–Crippen LogP) is 2.89. The molecule has 2 aliphatic rings. The molecule has 26 heavy (non-hydrogen) atoms. The van der Waals surface area contributed by atoms with Gasteiger partial charge in [-0.3, -0.25) is 14.5 Å². The molecule has 1 aliphatic carbocycles. The Labute approximate surface area is 156 Å². The second kappa shape index (κ2) is 8.67. The second-order valence-electron chi connectivity index (χ2n) is 7.77. The van der Waals surface area contributed by atoms with Crippen LogP contribution in [0.4, 0.5) is 0 Å². The molecule has 0 saturated carbocycles. The molecule has 0 aromatic heterocycles. The van der Waals surface area contributed by atoms with E-state index in [9.17, 15) is 9.59 Å². The van der Waals surface area contributed by atoms with Crippen LogP contribution in [0.2, 0.25) is 0 Å². The van der Waals surface area contributed by atoms with Gasteiger partial charge in [-0.05, 0) is 62.6 Å². The highest BCUT2D eigenvalue weighted by Gasteiger charge is 2.27. The van der Waals surface area contributed by atoms with Gasteiger partial charge < -0.3 is 10.0 Å². The number of amides is 1. The summed E-state index contributed by atoms with van der Waals surface area (Å²) in [4.78, 5) is 27.7. The van der Waals surface area contributed by atoms with Gasteiger partial charge in [-0.2, -0.15) is 0 Å². The molecule has 2 atom stereocenters. The first-order valence-electron chi connectivity index (χ1n) is 9.82. The van der Waals surface area contributed by atoms with E-state index >= 15 is 0 Å². The van der Waals surface area contributed by atoms with Crippen LogP contribution in [0.3, 0.4) is 0 Å². The van der Waals surface area contributed by atoms with Gasteiger partial charge in [-0.25, -0.2) is 0 Å². The van der Waals surface area contributed by atoms with Gasteiger partial charge in [-0.15, -0.1) is 0 Å². The van der Waals surface area contributed by atoms with Gasteiger partial charge >= 0.3 is 5.97 Å². The quantitative estimate of drug-likeness (QED) is 0.879. The Morgan fingerprint density at radius 1 is 1.15 bits per heavy atom. The van der Waals surface area contributed by atoms with Crippen LogP contribution in [0.15, 0.2) is 24.3 Å². The third-order valence-corrected chi connectivity index (χ3v) is 5.97. The van der Waals surface area contributed by atoms with Crippen molar-refractivity contribution in [1.29, 1.82) is 0 Å². The van der Waals surface area contributed by atoms with Crippen LogP contribution >= 0.6 is 0 Å². The average Bonchev–Trinajstić information content (AvgIpc) is 2.88. The molecule has 1 fully saturated rings. The molecule has 1 aromatic carbocycles. The number of aryl methyl sites for hydroxylation is 1. The lowest BCUT2D eigenvalue weighted by Crippen LogP contribution is -2.37. The van der Waals surface area contributed by atoms with Crippen molar-refractivity contribution in [3.63, 3.8) is 0 Å². The van der Waals surface area contributed by atoms with Gasteiger partial charge in [0.2, 0.25) is 5.91 Å². The first kappa shape index (κ1) is 18.9. The summed E-state index contributed by atoms with van der Waals surface area (Å²) >= 11 is 0. The number of hydrogen-bond acceptors (Lipinski definition) is 3. The highest BCUT2D eigenvalue weighted by atomic mass is 16.4. The summed E-state index contributed by atoms with van der Waals surface area (Å²) in [6.45, 7) is 1.60. The number of carbonyl (C=O) groups excluding carboxylic acids is 1. The Morgan fingerprint density at radius 2 is 1.96 bits per heavy atom. The molecule has 1 aromatic rings. The molecule has 1 aliphatic heterocycles. The molecule has 0 radical (unpaired) electrons. The SMILES string of the molecule is CN(CC(=O)O)C1CCCN(C(=O)CC2CCCc3ccccc32)CC1. The summed E-state index contributed by atoms with van der Waals surface area (Å²) in [5, 5.41) is 8.98. The van der Waals surface area contributed by atoms with Crippen molar-refractivity contribution < 1.29 is 14.7 Å². The van der Waals surface area contributed by atoms with Crippen molar-refractivity contribution in [3.05, 3.63) is 35.4 Å². The number of rotatable bonds is 5. The van der Waals surface area contributed by atoms with Crippen LogP contribution in [0.5, 0.6) is 0 Å². The van der Waals surface area contributed by atoms with Crippen LogP contribution in [0.25, 0.3) is 0 Å². The van der Waals surface area contributed by atoms with Crippen LogP contribution in [-0.2, 0) is 16.0 Å². The molecule has 0 bridgehead atoms. The molecule has 1 saturated heterocycles. The predicted molar refractivity (Wildman–Crippen MR) is 101 cm³/mol. The molecule has 1 heterocycles. The topological polar surface area (TPSA) is 60.9 Å². The minimum Gasteiger partial charge on any atom is -0.480 e. The number of nitrogens with zero attached hydrogens (tertiary/aromatic N) is 2. The Hall–Kier alpha value is -1.88. The lowest BCUT2D eigenvalue weighted by molar-refractivity contribution is -0.138. The molecule has 0 spiro atoms. The number of carboxylic acid groups (broad SMARTS) is 1. The van der Waals surface area contributed by atoms with E-state index in [0.29, 0.717) is 12.3 Å². The third kappa shape index (κ3) is 4.64. The van der Waals surface area contributed by atoms with E-state index in [1.807, 2.05) is 16.8 Å². The van der Waals surface area contributed by atoms with E-state index in [1.54, 1.807) is 0 Å². The zero-order chi connectivity index (χ0) is 18.5. The maximum atomic E-state index is 12.9. The normalized spacial score (nSPS) is 23.4. The number of likely N-dealkylation sites (N-methyl/N-ethyl adjacent to an activating group) is 1. The highest BCUT2D eigenvalue weighted by Crippen LogP contribution is 2.34. The van der Waals surface area contributed by atoms with E-state index in [0.717, 1.165) is 51.6 Å². The number of fused-ring (bicyclic) bond motifs is 1. The van der Waals surface area contributed by atoms with Gasteiger partial charge in [0.15, 0.2) is 0 Å². The number of carbonyl (C=O) groups is 2. The molecule has 5 nitrogen and oxygen atoms in total. The Kier molecular flexibility index (Phi) is 6.30. The summed E-state index contributed by atoms with van der Waals surface area (Å²) in [5.74, 6) is -0.185. The van der Waals surface area contributed by atoms with E-state index < -0.39 is 5.97 Å². The van der Waals surface area contributed by atoms with Gasteiger partial charge in [0.1, 0.15) is 0 Å². The van der Waals surface area contributed by atoms with E-state index in [2.05, 4.69) is 24.3 Å². The lowest BCUT2D eigenvalue weighted by atomic mass is 9.81. The zero-order valence-electron chi connectivity index (χ0n) is 15.7. The Morgan fingerprint density at radius 3 is 2.77 bits per heavy atom. The molecule has 5 heteroatoms. The molecule has 3 rings (SSSR count). The standard InChI is InChI=1S/C21H30N2O3/c1-22(15-21(25)26)18-9-5-12-23(13-11-18)20(24)14-17-8-4-7-16-6-2-3-10-19(16)17/h2-3,6,10,17-18H,4-5,7-9,11-15H2,1H3,(H,25,26). The van der Waals surface area contributed by atoms with Crippen molar-refractivity contribution in [2.75, 3.05) is 26.7 Å². The fourth-order valence-electron chi connectivity index (χ4n) is 4.52. The van der Waals surface area contributed by atoms with Crippen molar-refractivity contribution in [1.82, 2.24) is 9.80 Å². The number of likely N-dealkylation sites (tertiary alicyclic amines) is 1. The minimum absolute atomic E-state index is 0.0669. The van der Waals surface area contributed by atoms with Crippen LogP contribution in [0, 0.1) is 0 Å². The zero-order valence-corrected chi connectivity index (χ0v) is 15.7. The van der Waals surface area contributed by atoms with Crippen molar-refractivity contribution in [2.24, 2.45) is 0 Å². The average molecular weight is 358 g/mol. The first-order valence-corrected chi connectivity index (χ1v) is 9.82. The van der Waals surface area contributed by atoms with Crippen molar-refractivity contribution in [3.8, 4) is 0 Å². The largest absolute Gasteiger partial charge is 0.480 e. The third-order valence-electron chi connectivity index (χ3n) is 5.97. The second-order valence-corrected chi connectivity index (χ2v) is 7.77. The van der Waals surface area contributed by atoms with Gasteiger partial charge in [-0.1, -0.05) is 24.3 Å². The summed E-state index contributed by atoms with van der Waals surface area (Å²) in [7, 11) is 1.87. The first-order chi connectivity index (χ1) is 12.5. The number of carboxylic acids is 1. The summed E-state index contributed by atoms with van der Waals surface area (Å²) in [6, 6.07) is 8.80. The molecule has 142 valence electrons. The molecule has 2 unspecified atom stereocenters. The summed E-state index contributed by atoms with van der Waals surface area (Å²) in [6.07, 6.45) is 6.75. The minimum atomic E-state index is -0.791. The Bertz CT molecular complexity index is 646. The smallest absolute Gasteiger partial charge is 0.317 e. The summed E-state index contributed by atoms with van der Waals surface area (Å²) < 4.78 is 0. The molecule has 1 amide bonds. The van der Waals surface area contributed by atoms with Gasteiger partial charge in [0.25, 0.3) is 0 Å². The van der Waals surface area contributed by atoms with Crippen LogP contribution in [-0.4, -0.2) is 59.5 Å². The van der Waals surface area contributed by atoms with Crippen molar-refractivity contribution >= 4 is 11.9 Å². The van der Waals surface area contributed by atoms with Gasteiger partial charge in [0, 0.05) is 25.6 Å². The number of hydrogen-bond donors (Lipinski definition) is 1. The van der Waals surface area contributed by atoms with E-state index in [1.165, 1.54) is 11.1 Å². The summed E-state index contributed by atoms with van der Waals surface area (Å²) in [5.41, 5.74) is 2.77. The number of aliphatic carboxylic acids is 1. The monoisotopic (exact) mass is 358 g/mol. The van der Waals surface area contributed by atoms with Gasteiger partial charge in [0.05, 0.1) is 6.54 Å². The lowest BCUT2D eigenvalue weighted by Gasteiger charge is -2.28. The maximum Gasteiger partial charge on any atom is 0.317 e. The van der Waals surface area contributed by atoms with Crippen molar-refractivity contribution in [2.45, 2.75) is 56.9 Å². The molecular weight excluding hydrogens is 328 g/mol. The van der Waals surface area contributed by atoms with Crippen LogP contribution in [0.1, 0.15) is 55.6 Å². The van der Waals surface area contributed by atoms with E-state index in [4.69, 9.17) is 5.11 Å².